The molecule has 1 N–H and O–H groups in total. The molecule has 0 amide bonds. The smallest absolute Gasteiger partial charge is 0.0893 e. The van der Waals surface area contributed by atoms with E-state index < -0.39 is 0 Å². The van der Waals surface area contributed by atoms with E-state index in [0.717, 1.165) is 11.3 Å². The maximum atomic E-state index is 8.92. The molecule has 1 rings (SSSR count). The fraction of sp³-hybridized carbons (Fsp3) is 0.462. The minimum atomic E-state index is 0.236. The van der Waals surface area contributed by atoms with Crippen LogP contribution in [-0.4, -0.2) is 10.9 Å². The van der Waals surface area contributed by atoms with Crippen LogP contribution in [0.2, 0.25) is 0 Å². The molecule has 0 aliphatic carbocycles. The summed E-state index contributed by atoms with van der Waals surface area (Å²) in [5.41, 5.74) is 3.04. The van der Waals surface area contributed by atoms with Gasteiger partial charge in [0.05, 0.1) is 5.71 Å². The van der Waals surface area contributed by atoms with E-state index in [1.165, 1.54) is 5.56 Å². The van der Waals surface area contributed by atoms with Gasteiger partial charge in [-0.1, -0.05) is 57.1 Å². The Morgan fingerprint density at radius 1 is 1.07 bits per heavy atom. The van der Waals surface area contributed by atoms with E-state index in [9.17, 15) is 0 Å². The highest BCUT2D eigenvalue weighted by molar-refractivity contribution is 6.01. The first kappa shape index (κ1) is 11.8. The molecule has 0 heterocycles. The summed E-state index contributed by atoms with van der Waals surface area (Å²) in [5.74, 6) is 0.771. The molecule has 0 saturated heterocycles. The number of hydrogen-bond donors (Lipinski definition) is 1. The molecule has 0 bridgehead atoms. The van der Waals surface area contributed by atoms with Crippen LogP contribution in [0, 0.1) is 5.92 Å². The van der Waals surface area contributed by atoms with E-state index in [0.29, 0.717) is 5.92 Å². The zero-order chi connectivity index (χ0) is 11.4. The zero-order valence-corrected chi connectivity index (χ0v) is 9.86. The lowest BCUT2D eigenvalue weighted by molar-refractivity contribution is 0.316. The van der Waals surface area contributed by atoms with Crippen molar-refractivity contribution in [3.8, 4) is 0 Å². The highest BCUT2D eigenvalue weighted by Gasteiger charge is 2.09. The maximum absolute atomic E-state index is 8.92. The molecular weight excluding hydrogens is 186 g/mol. The lowest BCUT2D eigenvalue weighted by Crippen LogP contribution is -2.09. The predicted molar refractivity (Wildman–Crippen MR) is 63.7 cm³/mol. The molecule has 0 radical (unpaired) electrons. The summed E-state index contributed by atoms with van der Waals surface area (Å²) in [6.07, 6.45) is 0. The van der Waals surface area contributed by atoms with E-state index in [2.05, 4.69) is 31.1 Å². The van der Waals surface area contributed by atoms with Crippen molar-refractivity contribution in [1.29, 1.82) is 0 Å². The summed E-state index contributed by atoms with van der Waals surface area (Å²) < 4.78 is 0. The lowest BCUT2D eigenvalue weighted by Gasteiger charge is -2.10. The van der Waals surface area contributed by atoms with Gasteiger partial charge in [-0.3, -0.25) is 0 Å². The minimum Gasteiger partial charge on any atom is -0.411 e. The molecule has 2 nitrogen and oxygen atoms in total. The SMILES string of the molecule is CC(C)C(=NO)c1ccc(C(C)C)cc1. The number of benzene rings is 1. The highest BCUT2D eigenvalue weighted by Crippen LogP contribution is 2.16. The van der Waals surface area contributed by atoms with Crippen LogP contribution in [0.3, 0.4) is 0 Å². The van der Waals surface area contributed by atoms with Gasteiger partial charge in [-0.15, -0.1) is 0 Å². The molecule has 0 aliphatic heterocycles. The Morgan fingerprint density at radius 3 is 1.93 bits per heavy atom. The first-order chi connectivity index (χ1) is 7.06. The molecule has 0 saturated carbocycles. The van der Waals surface area contributed by atoms with Crippen LogP contribution in [0.1, 0.15) is 44.7 Å². The monoisotopic (exact) mass is 205 g/mol. The topological polar surface area (TPSA) is 32.6 Å². The first-order valence-electron chi connectivity index (χ1n) is 5.38. The summed E-state index contributed by atoms with van der Waals surface area (Å²) in [5, 5.41) is 12.3. The third-order valence-electron chi connectivity index (χ3n) is 2.53. The van der Waals surface area contributed by atoms with E-state index in [1.807, 2.05) is 26.0 Å². The van der Waals surface area contributed by atoms with Crippen molar-refractivity contribution in [2.45, 2.75) is 33.6 Å². The highest BCUT2D eigenvalue weighted by atomic mass is 16.4. The number of rotatable bonds is 3. The summed E-state index contributed by atoms with van der Waals surface area (Å²) in [6, 6.07) is 8.22. The predicted octanol–water partition coefficient (Wildman–Crippen LogP) is 3.64. The summed E-state index contributed by atoms with van der Waals surface area (Å²) >= 11 is 0. The second kappa shape index (κ2) is 4.96. The van der Waals surface area contributed by atoms with Crippen LogP contribution < -0.4 is 0 Å². The molecule has 82 valence electrons. The van der Waals surface area contributed by atoms with Gasteiger partial charge in [0.25, 0.3) is 0 Å². The van der Waals surface area contributed by atoms with Crippen LogP contribution in [0.25, 0.3) is 0 Å². The van der Waals surface area contributed by atoms with Crippen LogP contribution >= 0.6 is 0 Å². The Morgan fingerprint density at radius 2 is 1.60 bits per heavy atom. The maximum Gasteiger partial charge on any atom is 0.0893 e. The lowest BCUT2D eigenvalue weighted by atomic mass is 9.96. The Hall–Kier alpha value is -1.31. The average molecular weight is 205 g/mol. The molecule has 2 heteroatoms. The standard InChI is InChI=1S/C13H19NO/c1-9(2)11-5-7-12(8-6-11)13(14-15)10(3)4/h5-10,15H,1-4H3. The van der Waals surface area contributed by atoms with Crippen LogP contribution in [0.15, 0.2) is 29.4 Å². The number of nitrogens with zero attached hydrogens (tertiary/aromatic N) is 1. The summed E-state index contributed by atoms with van der Waals surface area (Å²) in [4.78, 5) is 0. The van der Waals surface area contributed by atoms with Crippen molar-refractivity contribution in [2.75, 3.05) is 0 Å². The summed E-state index contributed by atoms with van der Waals surface area (Å²) in [7, 11) is 0. The third kappa shape index (κ3) is 2.82. The summed E-state index contributed by atoms with van der Waals surface area (Å²) in [6.45, 7) is 8.37. The van der Waals surface area contributed by atoms with Gasteiger partial charge in [0.2, 0.25) is 0 Å². The van der Waals surface area contributed by atoms with Gasteiger partial charge < -0.3 is 5.21 Å². The molecule has 0 spiro atoms. The third-order valence-corrected chi connectivity index (χ3v) is 2.53. The zero-order valence-electron chi connectivity index (χ0n) is 9.86. The quantitative estimate of drug-likeness (QED) is 0.456. The van der Waals surface area contributed by atoms with Crippen molar-refractivity contribution in [1.82, 2.24) is 0 Å². The second-order valence-corrected chi connectivity index (χ2v) is 4.42. The van der Waals surface area contributed by atoms with Gasteiger partial charge in [-0.2, -0.15) is 0 Å². The van der Waals surface area contributed by atoms with Gasteiger partial charge in [0.1, 0.15) is 0 Å². The second-order valence-electron chi connectivity index (χ2n) is 4.42. The van der Waals surface area contributed by atoms with Crippen molar-refractivity contribution < 1.29 is 5.21 Å². The molecule has 1 aromatic carbocycles. The molecular formula is C13H19NO. The van der Waals surface area contributed by atoms with Gasteiger partial charge >= 0.3 is 0 Å². The van der Waals surface area contributed by atoms with Gasteiger partial charge in [0.15, 0.2) is 0 Å². The van der Waals surface area contributed by atoms with E-state index in [-0.39, 0.29) is 5.92 Å². The Kier molecular flexibility index (Phi) is 3.89. The molecule has 0 aliphatic rings. The van der Waals surface area contributed by atoms with Gasteiger partial charge in [-0.05, 0) is 23.0 Å². The molecule has 1 aromatic rings. The molecule has 0 aromatic heterocycles. The molecule has 15 heavy (non-hydrogen) atoms. The fourth-order valence-electron chi connectivity index (χ4n) is 1.55. The van der Waals surface area contributed by atoms with Crippen molar-refractivity contribution >= 4 is 5.71 Å². The number of hydrogen-bond acceptors (Lipinski definition) is 2. The van der Waals surface area contributed by atoms with E-state index in [1.54, 1.807) is 0 Å². The largest absolute Gasteiger partial charge is 0.411 e. The average Bonchev–Trinajstić information content (AvgIpc) is 2.19. The van der Waals surface area contributed by atoms with Gasteiger partial charge in [-0.25, -0.2) is 0 Å². The van der Waals surface area contributed by atoms with Crippen LogP contribution in [-0.2, 0) is 0 Å². The van der Waals surface area contributed by atoms with Crippen molar-refractivity contribution in [3.05, 3.63) is 35.4 Å². The molecule has 0 unspecified atom stereocenters. The minimum absolute atomic E-state index is 0.236. The Bertz CT molecular complexity index is 336. The van der Waals surface area contributed by atoms with Crippen molar-refractivity contribution in [3.63, 3.8) is 0 Å². The number of oxime groups is 1. The Balaban J connectivity index is 2.98. The normalized spacial score (nSPS) is 12.5. The van der Waals surface area contributed by atoms with E-state index in [4.69, 9.17) is 5.21 Å². The molecule has 0 fully saturated rings. The van der Waals surface area contributed by atoms with Crippen LogP contribution in [0.5, 0.6) is 0 Å². The van der Waals surface area contributed by atoms with Crippen LogP contribution in [0.4, 0.5) is 0 Å². The Labute approximate surface area is 91.6 Å². The molecule has 0 atom stereocenters. The van der Waals surface area contributed by atoms with Crippen molar-refractivity contribution in [2.24, 2.45) is 11.1 Å². The first-order valence-corrected chi connectivity index (χ1v) is 5.38. The van der Waals surface area contributed by atoms with Gasteiger partial charge in [0, 0.05) is 0 Å². The fourth-order valence-corrected chi connectivity index (χ4v) is 1.55. The van der Waals surface area contributed by atoms with E-state index >= 15 is 0 Å².